The molecule has 2 aliphatic carbocycles. The second-order valence-electron chi connectivity index (χ2n) is 11.9. The normalized spacial score (nSPS) is 29.3. The zero-order valence-corrected chi connectivity index (χ0v) is 21.4. The highest BCUT2D eigenvalue weighted by Crippen LogP contribution is 2.66. The molecular formula is C27H38N2O6. The fourth-order valence-corrected chi connectivity index (χ4v) is 6.45. The van der Waals surface area contributed by atoms with Gasteiger partial charge in [-0.1, -0.05) is 26.8 Å². The van der Waals surface area contributed by atoms with Crippen molar-refractivity contribution in [3.63, 3.8) is 0 Å². The number of esters is 1. The molecule has 1 heterocycles. The molecule has 2 bridgehead atoms. The minimum absolute atomic E-state index is 0.0450. The summed E-state index contributed by atoms with van der Waals surface area (Å²) in [5, 5.41) is 21.9. The summed E-state index contributed by atoms with van der Waals surface area (Å²) in [5.41, 5.74) is -0.634. The second kappa shape index (κ2) is 8.71. The quantitative estimate of drug-likeness (QED) is 0.420. The number of benzene rings is 1. The van der Waals surface area contributed by atoms with E-state index in [2.05, 4.69) is 26.1 Å². The maximum Gasteiger partial charge on any atom is 0.329 e. The minimum atomic E-state index is -1.22. The maximum absolute atomic E-state index is 13.4. The number of rotatable bonds is 6. The maximum atomic E-state index is 13.4. The first-order chi connectivity index (χ1) is 16.3. The Hall–Kier alpha value is -2.77. The molecule has 4 atom stereocenters. The monoisotopic (exact) mass is 486 g/mol. The van der Waals surface area contributed by atoms with Gasteiger partial charge in [0.1, 0.15) is 17.7 Å². The third-order valence-electron chi connectivity index (χ3n) is 9.15. The van der Waals surface area contributed by atoms with Gasteiger partial charge in [0.15, 0.2) is 11.5 Å². The van der Waals surface area contributed by atoms with Gasteiger partial charge < -0.3 is 25.2 Å². The Bertz CT molecular complexity index is 1030. The molecule has 8 nitrogen and oxygen atoms in total. The first-order valence-electron chi connectivity index (χ1n) is 12.6. The van der Waals surface area contributed by atoms with Gasteiger partial charge in [-0.15, -0.1) is 0 Å². The van der Waals surface area contributed by atoms with E-state index in [-0.39, 0.29) is 46.7 Å². The molecule has 8 heteroatoms. The molecule has 2 amide bonds. The van der Waals surface area contributed by atoms with Crippen LogP contribution < -0.4 is 5.32 Å². The predicted octanol–water partition coefficient (Wildman–Crippen LogP) is 3.28. The van der Waals surface area contributed by atoms with Gasteiger partial charge >= 0.3 is 5.97 Å². The summed E-state index contributed by atoms with van der Waals surface area (Å²) in [6, 6.07) is 3.52. The van der Waals surface area contributed by atoms with Gasteiger partial charge in [0.2, 0.25) is 11.8 Å². The van der Waals surface area contributed by atoms with E-state index < -0.39 is 17.5 Å². The predicted molar refractivity (Wildman–Crippen MR) is 130 cm³/mol. The number of carbonyl (C=O) groups is 3. The second-order valence-corrected chi connectivity index (χ2v) is 11.9. The summed E-state index contributed by atoms with van der Waals surface area (Å²) < 4.78 is 6.08. The summed E-state index contributed by atoms with van der Waals surface area (Å²) in [5.74, 6) is -1.08. The third-order valence-corrected chi connectivity index (χ3v) is 9.15. The fraction of sp³-hybridized carbons (Fsp3) is 0.667. The number of phenolic OH excluding ortho intramolecular Hbond substituents is 2. The van der Waals surface area contributed by atoms with E-state index in [0.29, 0.717) is 30.9 Å². The molecule has 0 aromatic heterocycles. The van der Waals surface area contributed by atoms with Gasteiger partial charge in [-0.3, -0.25) is 9.59 Å². The first-order valence-corrected chi connectivity index (χ1v) is 12.6. The molecule has 2 saturated carbocycles. The van der Waals surface area contributed by atoms with Crippen molar-refractivity contribution in [3.8, 4) is 11.5 Å². The molecule has 35 heavy (non-hydrogen) atoms. The van der Waals surface area contributed by atoms with Crippen LogP contribution in [0.2, 0.25) is 0 Å². The third kappa shape index (κ3) is 4.36. The van der Waals surface area contributed by atoms with Crippen molar-refractivity contribution in [1.29, 1.82) is 0 Å². The zero-order chi connectivity index (χ0) is 25.8. The smallest absolute Gasteiger partial charge is 0.329 e. The van der Waals surface area contributed by atoms with Crippen molar-refractivity contribution < 1.29 is 29.3 Å². The zero-order valence-electron chi connectivity index (χ0n) is 21.4. The number of nitrogens with zero attached hydrogens (tertiary/aromatic N) is 1. The van der Waals surface area contributed by atoms with Gasteiger partial charge in [0, 0.05) is 12.0 Å². The summed E-state index contributed by atoms with van der Waals surface area (Å²) in [6.45, 7) is 10.5. The Morgan fingerprint density at radius 2 is 1.86 bits per heavy atom. The van der Waals surface area contributed by atoms with E-state index in [1.807, 2.05) is 0 Å². The average molecular weight is 487 g/mol. The fourth-order valence-electron chi connectivity index (χ4n) is 6.45. The molecule has 3 aliphatic rings. The molecule has 4 rings (SSSR count). The van der Waals surface area contributed by atoms with Crippen LogP contribution >= 0.6 is 0 Å². The van der Waals surface area contributed by atoms with Crippen molar-refractivity contribution in [1.82, 2.24) is 10.2 Å². The van der Waals surface area contributed by atoms with Gasteiger partial charge in [0.05, 0.1) is 6.42 Å². The number of amides is 2. The highest BCUT2D eigenvalue weighted by Gasteiger charge is 2.63. The Labute approximate surface area is 207 Å². The molecular weight excluding hydrogens is 448 g/mol. The van der Waals surface area contributed by atoms with Gasteiger partial charge in [-0.05, 0) is 75.0 Å². The topological polar surface area (TPSA) is 116 Å². The standard InChI is InChI=1S/C27H38N2O6/c1-25(2)17-10-11-27(25,5)21(15-17)35-23(33)18-7-6-12-29(18)24(34)26(3,4)28-22(32)14-16-8-9-19(30)20(31)13-16/h8-9,13,17-18,21,30-31H,6-7,10-12,14-15H2,1-5H3,(H,28,32)/t17?,18?,21-,27?/m1/s1. The molecule has 3 unspecified atom stereocenters. The van der Waals surface area contributed by atoms with Crippen LogP contribution in [0, 0.1) is 16.7 Å². The SMILES string of the molecule is CC(C)(NC(=O)Cc1ccc(O)c(O)c1)C(=O)N1CCCC1C(=O)O[C@@H]1CC2CCC1(C)C2(C)C. The van der Waals surface area contributed by atoms with Crippen LogP contribution in [0.25, 0.3) is 0 Å². The van der Waals surface area contributed by atoms with Crippen LogP contribution in [0.3, 0.4) is 0 Å². The lowest BCUT2D eigenvalue weighted by atomic mass is 9.70. The van der Waals surface area contributed by atoms with E-state index in [9.17, 15) is 24.6 Å². The molecule has 1 aromatic carbocycles. The van der Waals surface area contributed by atoms with Crippen molar-refractivity contribution in [2.45, 2.75) is 90.8 Å². The Kier molecular flexibility index (Phi) is 6.31. The van der Waals surface area contributed by atoms with Crippen LogP contribution in [-0.4, -0.2) is 57.1 Å². The van der Waals surface area contributed by atoms with Crippen LogP contribution in [0.5, 0.6) is 11.5 Å². The lowest BCUT2D eigenvalue weighted by molar-refractivity contribution is -0.165. The van der Waals surface area contributed by atoms with Crippen LogP contribution in [0.15, 0.2) is 18.2 Å². The van der Waals surface area contributed by atoms with Crippen LogP contribution in [0.4, 0.5) is 0 Å². The lowest BCUT2D eigenvalue weighted by Gasteiger charge is -2.39. The molecule has 192 valence electrons. The Balaban J connectivity index is 1.39. The average Bonchev–Trinajstić information content (AvgIpc) is 3.39. The number of hydrogen-bond acceptors (Lipinski definition) is 6. The number of carbonyl (C=O) groups excluding carboxylic acids is 3. The van der Waals surface area contributed by atoms with Crippen molar-refractivity contribution in [3.05, 3.63) is 23.8 Å². The highest BCUT2D eigenvalue weighted by atomic mass is 16.5. The number of phenols is 2. The van der Waals surface area contributed by atoms with E-state index in [1.54, 1.807) is 18.7 Å². The first kappa shape index (κ1) is 25.3. The van der Waals surface area contributed by atoms with Crippen molar-refractivity contribution in [2.24, 2.45) is 16.7 Å². The van der Waals surface area contributed by atoms with E-state index in [1.165, 1.54) is 24.6 Å². The Morgan fingerprint density at radius 1 is 1.14 bits per heavy atom. The van der Waals surface area contributed by atoms with Gasteiger partial charge in [-0.25, -0.2) is 4.79 Å². The number of ether oxygens (including phenoxy) is 1. The van der Waals surface area contributed by atoms with E-state index in [4.69, 9.17) is 4.74 Å². The van der Waals surface area contributed by atoms with Crippen LogP contribution in [-0.2, 0) is 25.5 Å². The van der Waals surface area contributed by atoms with Gasteiger partial charge in [0.25, 0.3) is 0 Å². The molecule has 0 spiro atoms. The van der Waals surface area contributed by atoms with Crippen molar-refractivity contribution >= 4 is 17.8 Å². The molecule has 0 radical (unpaired) electrons. The summed E-state index contributed by atoms with van der Waals surface area (Å²) in [7, 11) is 0. The summed E-state index contributed by atoms with van der Waals surface area (Å²) >= 11 is 0. The lowest BCUT2D eigenvalue weighted by Crippen LogP contribution is -2.58. The van der Waals surface area contributed by atoms with E-state index in [0.717, 1.165) is 12.8 Å². The molecule has 3 N–H and O–H groups in total. The number of hydrogen-bond donors (Lipinski definition) is 3. The minimum Gasteiger partial charge on any atom is -0.504 e. The molecule has 1 saturated heterocycles. The molecule has 3 fully saturated rings. The molecule has 1 aliphatic heterocycles. The number of fused-ring (bicyclic) bond motifs is 2. The highest BCUT2D eigenvalue weighted by molar-refractivity contribution is 5.94. The van der Waals surface area contributed by atoms with Crippen LogP contribution in [0.1, 0.15) is 72.3 Å². The summed E-state index contributed by atoms with van der Waals surface area (Å²) in [4.78, 5) is 40.9. The Morgan fingerprint density at radius 3 is 2.46 bits per heavy atom. The van der Waals surface area contributed by atoms with E-state index >= 15 is 0 Å². The summed E-state index contributed by atoms with van der Waals surface area (Å²) in [6.07, 6.45) is 4.17. The number of nitrogens with one attached hydrogen (secondary N) is 1. The molecule has 1 aromatic rings. The number of likely N-dealkylation sites (tertiary alicyclic amines) is 1. The number of aromatic hydroxyl groups is 2. The van der Waals surface area contributed by atoms with Gasteiger partial charge in [-0.2, -0.15) is 0 Å². The largest absolute Gasteiger partial charge is 0.504 e. The van der Waals surface area contributed by atoms with Crippen molar-refractivity contribution in [2.75, 3.05) is 6.54 Å².